The molecule has 0 saturated carbocycles. The van der Waals surface area contributed by atoms with Gasteiger partial charge in [-0.2, -0.15) is 0 Å². The van der Waals surface area contributed by atoms with Crippen LogP contribution in [0.15, 0.2) is 24.8 Å². The Morgan fingerprint density at radius 1 is 1.42 bits per heavy atom. The molecule has 0 heterocycles. The van der Waals surface area contributed by atoms with Crippen LogP contribution in [-0.2, 0) is 0 Å². The summed E-state index contributed by atoms with van der Waals surface area (Å²) >= 11 is 11.7. The average Bonchev–Trinajstić information content (AvgIpc) is 2.03. The maximum absolute atomic E-state index is 5.96. The van der Waals surface area contributed by atoms with Crippen molar-refractivity contribution in [1.29, 1.82) is 0 Å². The lowest BCUT2D eigenvalue weighted by Gasteiger charge is -2.05. The van der Waals surface area contributed by atoms with Gasteiger partial charge in [-0.05, 0) is 29.7 Å². The van der Waals surface area contributed by atoms with Crippen molar-refractivity contribution in [3.05, 3.63) is 40.4 Å². The van der Waals surface area contributed by atoms with E-state index in [0.717, 1.165) is 17.6 Å². The van der Waals surface area contributed by atoms with Crippen molar-refractivity contribution in [1.82, 2.24) is 0 Å². The van der Waals surface area contributed by atoms with E-state index in [1.807, 2.05) is 19.1 Å². The van der Waals surface area contributed by atoms with Crippen LogP contribution in [0.5, 0.6) is 0 Å². The highest BCUT2D eigenvalue weighted by molar-refractivity contribution is 6.35. The van der Waals surface area contributed by atoms with Crippen molar-refractivity contribution in [3.8, 4) is 0 Å². The van der Waals surface area contributed by atoms with Gasteiger partial charge in [-0.3, -0.25) is 0 Å². The van der Waals surface area contributed by atoms with Gasteiger partial charge in [0.2, 0.25) is 0 Å². The lowest BCUT2D eigenvalue weighted by molar-refractivity contribution is 1.24. The van der Waals surface area contributed by atoms with Crippen LogP contribution in [0.25, 0.3) is 5.57 Å². The largest absolute Gasteiger partial charge is 0.0952 e. The lowest BCUT2D eigenvalue weighted by Crippen LogP contribution is -1.82. The van der Waals surface area contributed by atoms with Gasteiger partial charge in [0.05, 0.1) is 0 Å². The van der Waals surface area contributed by atoms with Crippen LogP contribution in [0.1, 0.15) is 18.9 Å². The molecule has 0 unspecified atom stereocenters. The molecule has 1 aromatic rings. The lowest BCUT2D eigenvalue weighted by atomic mass is 10.1. The molecular formula is C10H10Cl2. The molecule has 0 bridgehead atoms. The highest BCUT2D eigenvalue weighted by Crippen LogP contribution is 2.27. The van der Waals surface area contributed by atoms with Gasteiger partial charge in [0.15, 0.2) is 0 Å². The van der Waals surface area contributed by atoms with E-state index < -0.39 is 0 Å². The highest BCUT2D eigenvalue weighted by atomic mass is 35.5. The molecule has 12 heavy (non-hydrogen) atoms. The molecule has 0 amide bonds. The summed E-state index contributed by atoms with van der Waals surface area (Å²) in [6.07, 6.45) is 0.904. The summed E-state index contributed by atoms with van der Waals surface area (Å²) in [7, 11) is 0. The molecule has 0 aromatic heterocycles. The predicted molar refractivity (Wildman–Crippen MR) is 55.8 cm³/mol. The molecule has 64 valence electrons. The Bertz CT molecular complexity index is 303. The van der Waals surface area contributed by atoms with E-state index in [4.69, 9.17) is 23.2 Å². The third kappa shape index (κ3) is 2.02. The first-order valence-corrected chi connectivity index (χ1v) is 4.54. The Morgan fingerprint density at radius 3 is 2.58 bits per heavy atom. The number of rotatable bonds is 2. The second-order valence-electron chi connectivity index (χ2n) is 2.58. The minimum atomic E-state index is 0.660. The molecule has 0 aliphatic rings. The first-order valence-electron chi connectivity index (χ1n) is 3.78. The van der Waals surface area contributed by atoms with Crippen LogP contribution < -0.4 is 0 Å². The minimum Gasteiger partial charge on any atom is -0.0952 e. The van der Waals surface area contributed by atoms with E-state index in [9.17, 15) is 0 Å². The van der Waals surface area contributed by atoms with E-state index in [-0.39, 0.29) is 0 Å². The molecule has 0 spiro atoms. The molecule has 0 aliphatic carbocycles. The maximum Gasteiger partial charge on any atom is 0.0495 e. The molecule has 1 aromatic carbocycles. The molecule has 0 fully saturated rings. The zero-order valence-electron chi connectivity index (χ0n) is 6.90. The second kappa shape index (κ2) is 3.97. The first kappa shape index (κ1) is 9.63. The Balaban J connectivity index is 3.09. The number of allylic oxidation sites excluding steroid dienone is 1. The Hall–Kier alpha value is -0.460. The fraction of sp³-hybridized carbons (Fsp3) is 0.200. The van der Waals surface area contributed by atoms with Gasteiger partial charge in [0.25, 0.3) is 0 Å². The Labute approximate surface area is 82.8 Å². The summed E-state index contributed by atoms with van der Waals surface area (Å²) < 4.78 is 0. The van der Waals surface area contributed by atoms with E-state index in [1.54, 1.807) is 6.07 Å². The maximum atomic E-state index is 5.96. The van der Waals surface area contributed by atoms with Crippen LogP contribution in [0.4, 0.5) is 0 Å². The van der Waals surface area contributed by atoms with Crippen LogP contribution >= 0.6 is 23.2 Å². The number of benzene rings is 1. The van der Waals surface area contributed by atoms with Crippen molar-refractivity contribution in [2.75, 3.05) is 0 Å². The van der Waals surface area contributed by atoms with Gasteiger partial charge in [0, 0.05) is 10.0 Å². The molecular weight excluding hydrogens is 191 g/mol. The van der Waals surface area contributed by atoms with Crippen molar-refractivity contribution in [2.45, 2.75) is 13.3 Å². The summed E-state index contributed by atoms with van der Waals surface area (Å²) in [6, 6.07) is 5.46. The third-order valence-corrected chi connectivity index (χ3v) is 2.29. The first-order chi connectivity index (χ1) is 5.65. The minimum absolute atomic E-state index is 0.660. The van der Waals surface area contributed by atoms with E-state index in [0.29, 0.717) is 10.0 Å². The molecule has 0 atom stereocenters. The topological polar surface area (TPSA) is 0 Å². The zero-order valence-corrected chi connectivity index (χ0v) is 8.41. The van der Waals surface area contributed by atoms with Crippen molar-refractivity contribution >= 4 is 28.8 Å². The van der Waals surface area contributed by atoms with Gasteiger partial charge in [0.1, 0.15) is 0 Å². The van der Waals surface area contributed by atoms with Gasteiger partial charge in [-0.1, -0.05) is 42.8 Å². The quantitative estimate of drug-likeness (QED) is 0.664. The van der Waals surface area contributed by atoms with Crippen molar-refractivity contribution in [3.63, 3.8) is 0 Å². The summed E-state index contributed by atoms with van der Waals surface area (Å²) in [5, 5.41) is 1.34. The van der Waals surface area contributed by atoms with E-state index >= 15 is 0 Å². The Kier molecular flexibility index (Phi) is 3.19. The average molecular weight is 201 g/mol. The van der Waals surface area contributed by atoms with Gasteiger partial charge in [-0.15, -0.1) is 0 Å². The molecule has 0 nitrogen and oxygen atoms in total. The Morgan fingerprint density at radius 2 is 2.08 bits per heavy atom. The molecule has 1 rings (SSSR count). The summed E-state index contributed by atoms with van der Waals surface area (Å²) in [6.45, 7) is 5.96. The summed E-state index contributed by atoms with van der Waals surface area (Å²) in [5.41, 5.74) is 2.03. The fourth-order valence-electron chi connectivity index (χ4n) is 0.967. The van der Waals surface area contributed by atoms with Crippen LogP contribution in [-0.4, -0.2) is 0 Å². The third-order valence-electron chi connectivity index (χ3n) is 1.74. The van der Waals surface area contributed by atoms with E-state index in [2.05, 4.69) is 6.58 Å². The number of hydrogen-bond donors (Lipinski definition) is 0. The van der Waals surface area contributed by atoms with E-state index in [1.165, 1.54) is 0 Å². The zero-order chi connectivity index (χ0) is 9.14. The number of halogens is 2. The van der Waals surface area contributed by atoms with Gasteiger partial charge >= 0.3 is 0 Å². The van der Waals surface area contributed by atoms with Crippen LogP contribution in [0, 0.1) is 0 Å². The fourth-order valence-corrected chi connectivity index (χ4v) is 1.51. The van der Waals surface area contributed by atoms with Gasteiger partial charge in [-0.25, -0.2) is 0 Å². The monoisotopic (exact) mass is 200 g/mol. The number of hydrogen-bond acceptors (Lipinski definition) is 0. The molecule has 0 radical (unpaired) electrons. The van der Waals surface area contributed by atoms with Crippen LogP contribution in [0.3, 0.4) is 0 Å². The van der Waals surface area contributed by atoms with Gasteiger partial charge < -0.3 is 0 Å². The molecule has 0 aliphatic heterocycles. The van der Waals surface area contributed by atoms with Crippen molar-refractivity contribution in [2.24, 2.45) is 0 Å². The normalized spacial score (nSPS) is 9.92. The molecule has 0 saturated heterocycles. The standard InChI is InChI=1S/C10H10Cl2/c1-3-7(2)9-5-4-8(11)6-10(9)12/h4-6H,2-3H2,1H3. The highest BCUT2D eigenvalue weighted by Gasteiger charge is 2.02. The molecule has 2 heteroatoms. The predicted octanol–water partition coefficient (Wildman–Crippen LogP) is 4.42. The smallest absolute Gasteiger partial charge is 0.0495 e. The molecule has 0 N–H and O–H groups in total. The van der Waals surface area contributed by atoms with Crippen LogP contribution in [0.2, 0.25) is 10.0 Å². The van der Waals surface area contributed by atoms with Crippen molar-refractivity contribution < 1.29 is 0 Å². The summed E-state index contributed by atoms with van der Waals surface area (Å²) in [4.78, 5) is 0. The second-order valence-corrected chi connectivity index (χ2v) is 3.42. The summed E-state index contributed by atoms with van der Waals surface area (Å²) in [5.74, 6) is 0. The SMILES string of the molecule is C=C(CC)c1ccc(Cl)cc1Cl.